The lowest BCUT2D eigenvalue weighted by molar-refractivity contribution is -0.116. The van der Waals surface area contributed by atoms with Gasteiger partial charge in [0.25, 0.3) is 5.91 Å². The fourth-order valence-corrected chi connectivity index (χ4v) is 3.17. The summed E-state index contributed by atoms with van der Waals surface area (Å²) in [7, 11) is 0. The molecule has 7 nitrogen and oxygen atoms in total. The molecule has 0 aliphatic carbocycles. The van der Waals surface area contributed by atoms with E-state index in [-0.39, 0.29) is 24.1 Å². The molecule has 0 atom stereocenters. The summed E-state index contributed by atoms with van der Waals surface area (Å²) >= 11 is 3.17. The van der Waals surface area contributed by atoms with E-state index in [0.717, 1.165) is 32.0 Å². The number of carbonyl (C=O) groups is 2. The van der Waals surface area contributed by atoms with E-state index in [2.05, 4.69) is 26.1 Å². The number of anilines is 2. The Balaban J connectivity index is 1.56. The van der Waals surface area contributed by atoms with Crippen molar-refractivity contribution in [2.24, 2.45) is 0 Å². The minimum absolute atomic E-state index is 0.0428. The van der Waals surface area contributed by atoms with Crippen LogP contribution in [0, 0.1) is 0 Å². The Morgan fingerprint density at radius 1 is 1.15 bits per heavy atom. The van der Waals surface area contributed by atoms with Gasteiger partial charge in [-0.2, -0.15) is 0 Å². The summed E-state index contributed by atoms with van der Waals surface area (Å²) in [5.74, 6) is -0.373. The third-order valence-corrected chi connectivity index (χ3v) is 4.74. The Labute approximate surface area is 166 Å². The van der Waals surface area contributed by atoms with Crippen molar-refractivity contribution in [1.29, 1.82) is 0 Å². The maximum atomic E-state index is 12.4. The van der Waals surface area contributed by atoms with E-state index in [1.165, 1.54) is 4.90 Å². The van der Waals surface area contributed by atoms with Gasteiger partial charge in [-0.05, 0) is 59.3 Å². The quantitative estimate of drug-likeness (QED) is 0.754. The smallest absolute Gasteiger partial charge is 0.290 e. The molecule has 3 rings (SSSR count). The predicted molar refractivity (Wildman–Crippen MR) is 106 cm³/mol. The van der Waals surface area contributed by atoms with Gasteiger partial charge in [-0.15, -0.1) is 0 Å². The van der Waals surface area contributed by atoms with Crippen LogP contribution in [0.15, 0.2) is 45.5 Å². The third-order valence-electron chi connectivity index (χ3n) is 4.31. The van der Waals surface area contributed by atoms with Crippen molar-refractivity contribution < 1.29 is 18.7 Å². The van der Waals surface area contributed by atoms with Crippen LogP contribution in [0.4, 0.5) is 11.4 Å². The van der Waals surface area contributed by atoms with E-state index in [1.807, 2.05) is 31.2 Å². The van der Waals surface area contributed by atoms with Gasteiger partial charge in [0.05, 0.1) is 13.2 Å². The van der Waals surface area contributed by atoms with Crippen molar-refractivity contribution >= 4 is 39.1 Å². The standard InChI is InChI=1S/C19H22BrN3O4/c1-2-22(19(25)16-7-8-17(20)27-16)13-18(24)21-14-3-5-15(6-4-14)23-9-11-26-12-10-23/h3-8H,2,9-13H2,1H3,(H,21,24). The highest BCUT2D eigenvalue weighted by atomic mass is 79.9. The van der Waals surface area contributed by atoms with Crippen molar-refractivity contribution in [3.8, 4) is 0 Å². The van der Waals surface area contributed by atoms with Crippen molar-refractivity contribution in [1.82, 2.24) is 4.90 Å². The molecule has 1 fully saturated rings. The normalized spacial score (nSPS) is 14.1. The highest BCUT2D eigenvalue weighted by Gasteiger charge is 2.20. The van der Waals surface area contributed by atoms with E-state index in [4.69, 9.17) is 9.15 Å². The van der Waals surface area contributed by atoms with Crippen LogP contribution >= 0.6 is 15.9 Å². The van der Waals surface area contributed by atoms with Crippen molar-refractivity contribution in [2.75, 3.05) is 49.6 Å². The first-order valence-corrected chi connectivity index (χ1v) is 9.63. The molecular weight excluding hydrogens is 414 g/mol. The second-order valence-electron chi connectivity index (χ2n) is 6.12. The number of nitrogens with one attached hydrogen (secondary N) is 1. The van der Waals surface area contributed by atoms with Gasteiger partial charge in [0.15, 0.2) is 10.4 Å². The lowest BCUT2D eigenvalue weighted by atomic mass is 10.2. The number of furan rings is 1. The summed E-state index contributed by atoms with van der Waals surface area (Å²) in [6.45, 7) is 5.36. The van der Waals surface area contributed by atoms with Crippen molar-refractivity contribution in [3.05, 3.63) is 46.8 Å². The number of nitrogens with zero attached hydrogens (tertiary/aromatic N) is 2. The Morgan fingerprint density at radius 3 is 2.44 bits per heavy atom. The molecular formula is C19H22BrN3O4. The first-order valence-electron chi connectivity index (χ1n) is 8.84. The molecule has 8 heteroatoms. The third kappa shape index (κ3) is 5.11. The number of amides is 2. The maximum Gasteiger partial charge on any atom is 0.290 e. The molecule has 1 N–H and O–H groups in total. The minimum Gasteiger partial charge on any atom is -0.444 e. The average Bonchev–Trinajstić information content (AvgIpc) is 3.13. The molecule has 0 unspecified atom stereocenters. The Hall–Kier alpha value is -2.32. The number of ether oxygens (including phenoxy) is 1. The van der Waals surface area contributed by atoms with Crippen LogP contribution in [0.3, 0.4) is 0 Å². The number of hydrogen-bond acceptors (Lipinski definition) is 5. The zero-order chi connectivity index (χ0) is 19.2. The Morgan fingerprint density at radius 2 is 1.85 bits per heavy atom. The zero-order valence-corrected chi connectivity index (χ0v) is 16.7. The molecule has 2 heterocycles. The van der Waals surface area contributed by atoms with Gasteiger partial charge >= 0.3 is 0 Å². The highest BCUT2D eigenvalue weighted by Crippen LogP contribution is 2.19. The summed E-state index contributed by atoms with van der Waals surface area (Å²) in [5, 5.41) is 2.83. The molecule has 1 saturated heterocycles. The van der Waals surface area contributed by atoms with Crippen molar-refractivity contribution in [2.45, 2.75) is 6.92 Å². The van der Waals surface area contributed by atoms with Gasteiger partial charge in [-0.3, -0.25) is 9.59 Å². The molecule has 0 bridgehead atoms. The molecule has 2 amide bonds. The van der Waals surface area contributed by atoms with Crippen LogP contribution in [-0.2, 0) is 9.53 Å². The van der Waals surface area contributed by atoms with E-state index >= 15 is 0 Å². The molecule has 0 saturated carbocycles. The number of morpholine rings is 1. The number of carbonyl (C=O) groups excluding carboxylic acids is 2. The van der Waals surface area contributed by atoms with E-state index in [0.29, 0.717) is 16.9 Å². The van der Waals surface area contributed by atoms with Gasteiger partial charge < -0.3 is 24.3 Å². The number of benzene rings is 1. The lowest BCUT2D eigenvalue weighted by Crippen LogP contribution is -2.37. The fraction of sp³-hybridized carbons (Fsp3) is 0.368. The summed E-state index contributed by atoms with van der Waals surface area (Å²) in [4.78, 5) is 28.4. The Bertz CT molecular complexity index is 785. The van der Waals surface area contributed by atoms with E-state index < -0.39 is 0 Å². The zero-order valence-electron chi connectivity index (χ0n) is 15.1. The maximum absolute atomic E-state index is 12.4. The number of halogens is 1. The fourth-order valence-electron chi connectivity index (χ4n) is 2.86. The second kappa shape index (κ2) is 9.05. The molecule has 0 radical (unpaired) electrons. The van der Waals surface area contributed by atoms with Crippen LogP contribution < -0.4 is 10.2 Å². The van der Waals surface area contributed by atoms with E-state index in [1.54, 1.807) is 12.1 Å². The molecule has 1 aliphatic rings. The highest BCUT2D eigenvalue weighted by molar-refractivity contribution is 9.10. The molecule has 1 aromatic carbocycles. The molecule has 1 aromatic heterocycles. The van der Waals surface area contributed by atoms with Gasteiger partial charge in [-0.25, -0.2) is 0 Å². The van der Waals surface area contributed by atoms with Crippen LogP contribution in [0.25, 0.3) is 0 Å². The summed E-state index contributed by atoms with van der Waals surface area (Å²) in [6.07, 6.45) is 0. The van der Waals surface area contributed by atoms with Crippen molar-refractivity contribution in [3.63, 3.8) is 0 Å². The predicted octanol–water partition coefficient (Wildman–Crippen LogP) is 2.98. The molecule has 27 heavy (non-hydrogen) atoms. The topological polar surface area (TPSA) is 75.0 Å². The lowest BCUT2D eigenvalue weighted by Gasteiger charge is -2.29. The Kier molecular flexibility index (Phi) is 6.52. The monoisotopic (exact) mass is 435 g/mol. The molecule has 2 aromatic rings. The van der Waals surface area contributed by atoms with Crippen LogP contribution in [-0.4, -0.2) is 56.1 Å². The number of rotatable bonds is 6. The van der Waals surface area contributed by atoms with Gasteiger partial charge in [0.1, 0.15) is 6.54 Å². The molecule has 1 aliphatic heterocycles. The van der Waals surface area contributed by atoms with Crippen LogP contribution in [0.2, 0.25) is 0 Å². The summed E-state index contributed by atoms with van der Waals surface area (Å²) in [6, 6.07) is 10.9. The molecule has 0 spiro atoms. The first kappa shape index (κ1) is 19.4. The number of hydrogen-bond donors (Lipinski definition) is 1. The van der Waals surface area contributed by atoms with Gasteiger partial charge in [0, 0.05) is 31.0 Å². The SMILES string of the molecule is CCN(CC(=O)Nc1ccc(N2CCOCC2)cc1)C(=O)c1ccc(Br)o1. The second-order valence-corrected chi connectivity index (χ2v) is 6.90. The number of likely N-dealkylation sites (N-methyl/N-ethyl adjacent to an activating group) is 1. The first-order chi connectivity index (χ1) is 13.1. The van der Waals surface area contributed by atoms with Gasteiger partial charge in [0.2, 0.25) is 5.91 Å². The average molecular weight is 436 g/mol. The van der Waals surface area contributed by atoms with E-state index in [9.17, 15) is 9.59 Å². The summed E-state index contributed by atoms with van der Waals surface area (Å²) in [5.41, 5.74) is 1.80. The summed E-state index contributed by atoms with van der Waals surface area (Å²) < 4.78 is 11.1. The largest absolute Gasteiger partial charge is 0.444 e. The minimum atomic E-state index is -0.319. The molecule has 144 valence electrons. The van der Waals surface area contributed by atoms with Crippen LogP contribution in [0.1, 0.15) is 17.5 Å². The van der Waals surface area contributed by atoms with Gasteiger partial charge in [-0.1, -0.05) is 0 Å². The van der Waals surface area contributed by atoms with Crippen LogP contribution in [0.5, 0.6) is 0 Å².